The van der Waals surface area contributed by atoms with Gasteiger partial charge >= 0.3 is 0 Å². The molecule has 0 atom stereocenters. The molecule has 0 aliphatic carbocycles. The van der Waals surface area contributed by atoms with Crippen molar-refractivity contribution in [2.75, 3.05) is 11.9 Å². The molecule has 0 saturated carbocycles. The summed E-state index contributed by atoms with van der Waals surface area (Å²) < 4.78 is 11.3. The number of hydrogen-bond donors (Lipinski definition) is 2. The summed E-state index contributed by atoms with van der Waals surface area (Å²) in [6.07, 6.45) is 3.03. The Labute approximate surface area is 202 Å². The fourth-order valence-electron chi connectivity index (χ4n) is 3.53. The van der Waals surface area contributed by atoms with Gasteiger partial charge in [0.05, 0.1) is 12.0 Å². The van der Waals surface area contributed by atoms with Crippen LogP contribution in [0, 0.1) is 0 Å². The van der Waals surface area contributed by atoms with Gasteiger partial charge in [0, 0.05) is 17.3 Å². The van der Waals surface area contributed by atoms with Gasteiger partial charge < -0.3 is 20.2 Å². The molecule has 0 aliphatic heterocycles. The fraction of sp³-hybridized carbons (Fsp3) is 0.148. The normalized spacial score (nSPS) is 10.7. The third-order valence-electron chi connectivity index (χ3n) is 5.32. The maximum Gasteiger partial charge on any atom is 0.255 e. The predicted molar refractivity (Wildman–Crippen MR) is 138 cm³/mol. The first-order chi connectivity index (χ1) is 16.5. The molecular weight excluding hydrogens is 448 g/mol. The van der Waals surface area contributed by atoms with Gasteiger partial charge in [-0.1, -0.05) is 42.5 Å². The van der Waals surface area contributed by atoms with E-state index in [0.717, 1.165) is 19.3 Å². The molecule has 6 nitrogen and oxygen atoms in total. The van der Waals surface area contributed by atoms with Crippen molar-refractivity contribution in [3.8, 4) is 5.75 Å². The lowest BCUT2D eigenvalue weighted by atomic mass is 10.1. The summed E-state index contributed by atoms with van der Waals surface area (Å²) in [7, 11) is 0. The molecule has 1 amide bonds. The second-order valence-corrected chi connectivity index (χ2v) is 8.26. The second-order valence-electron chi connectivity index (χ2n) is 7.82. The van der Waals surface area contributed by atoms with Gasteiger partial charge in [0.2, 0.25) is 0 Å². The van der Waals surface area contributed by atoms with Gasteiger partial charge in [-0.2, -0.15) is 0 Å². The van der Waals surface area contributed by atoms with E-state index in [-0.39, 0.29) is 22.1 Å². The largest absolute Gasteiger partial charge is 0.494 e. The number of aryl methyl sites for hydroxylation is 1. The van der Waals surface area contributed by atoms with E-state index in [1.54, 1.807) is 42.5 Å². The molecule has 172 valence electrons. The Balaban J connectivity index is 1.31. The topological polar surface area (TPSA) is 94.6 Å². The van der Waals surface area contributed by atoms with Gasteiger partial charge in [0.15, 0.2) is 11.2 Å². The number of anilines is 1. The van der Waals surface area contributed by atoms with Crippen molar-refractivity contribution in [2.24, 2.45) is 5.73 Å². The van der Waals surface area contributed by atoms with Crippen LogP contribution in [0.1, 0.15) is 34.5 Å². The lowest BCUT2D eigenvalue weighted by Crippen LogP contribution is -2.14. The average Bonchev–Trinajstić information content (AvgIpc) is 2.85. The average molecular weight is 473 g/mol. The number of nitrogens with one attached hydrogen (secondary N) is 1. The zero-order valence-corrected chi connectivity index (χ0v) is 19.3. The van der Waals surface area contributed by atoms with Crippen LogP contribution >= 0.6 is 12.2 Å². The molecule has 7 heteroatoms. The molecule has 0 spiro atoms. The van der Waals surface area contributed by atoms with Crippen LogP contribution in [0.15, 0.2) is 88.1 Å². The van der Waals surface area contributed by atoms with Gasteiger partial charge in [-0.05, 0) is 67.3 Å². The van der Waals surface area contributed by atoms with Crippen LogP contribution in [0.2, 0.25) is 0 Å². The molecule has 34 heavy (non-hydrogen) atoms. The zero-order chi connectivity index (χ0) is 23.9. The van der Waals surface area contributed by atoms with Crippen molar-refractivity contribution in [1.29, 1.82) is 0 Å². The van der Waals surface area contributed by atoms with E-state index < -0.39 is 0 Å². The Kier molecular flexibility index (Phi) is 7.34. The molecule has 0 fully saturated rings. The van der Waals surface area contributed by atoms with Gasteiger partial charge in [-0.15, -0.1) is 0 Å². The molecule has 0 radical (unpaired) electrons. The number of rotatable bonds is 9. The SMILES string of the molecule is NC(=S)c1cc(=O)c2cc(NC(=O)c3ccc(OCCCCc4ccccc4)cc3)ccc2o1. The van der Waals surface area contributed by atoms with Crippen molar-refractivity contribution in [3.63, 3.8) is 0 Å². The predicted octanol–water partition coefficient (Wildman–Crippen LogP) is 5.08. The number of carbonyl (C=O) groups is 1. The number of nitrogens with two attached hydrogens (primary N) is 1. The molecule has 0 bridgehead atoms. The molecule has 4 aromatic rings. The quantitative estimate of drug-likeness (QED) is 0.261. The van der Waals surface area contributed by atoms with E-state index in [0.29, 0.717) is 34.6 Å². The van der Waals surface area contributed by atoms with Crippen molar-refractivity contribution in [3.05, 3.63) is 106 Å². The number of ether oxygens (including phenoxy) is 1. The Morgan fingerprint density at radius 2 is 1.74 bits per heavy atom. The minimum atomic E-state index is -0.294. The molecule has 3 N–H and O–H groups in total. The van der Waals surface area contributed by atoms with Crippen molar-refractivity contribution < 1.29 is 13.9 Å². The standard InChI is InChI=1S/C27H24N2O4S/c28-26(34)25-17-23(30)22-16-20(11-14-24(22)33-25)29-27(31)19-9-12-21(13-10-19)32-15-5-4-8-18-6-2-1-3-7-18/h1-3,6-7,9-14,16-17H,4-5,8,15H2,(H2,28,34)(H,29,31). The number of amides is 1. The monoisotopic (exact) mass is 472 g/mol. The minimum Gasteiger partial charge on any atom is -0.494 e. The Morgan fingerprint density at radius 3 is 2.47 bits per heavy atom. The van der Waals surface area contributed by atoms with E-state index in [2.05, 4.69) is 17.4 Å². The van der Waals surface area contributed by atoms with E-state index >= 15 is 0 Å². The summed E-state index contributed by atoms with van der Waals surface area (Å²) >= 11 is 4.86. The van der Waals surface area contributed by atoms with Crippen LogP contribution in [0.25, 0.3) is 11.0 Å². The third kappa shape index (κ3) is 5.88. The van der Waals surface area contributed by atoms with Crippen LogP contribution in [0.3, 0.4) is 0 Å². The number of carbonyl (C=O) groups excluding carboxylic acids is 1. The summed E-state index contributed by atoms with van der Waals surface area (Å²) in [5.74, 6) is 0.578. The Bertz CT molecular complexity index is 1370. The van der Waals surface area contributed by atoms with Crippen molar-refractivity contribution in [1.82, 2.24) is 0 Å². The molecule has 0 aliphatic rings. The summed E-state index contributed by atoms with van der Waals surface area (Å²) in [6, 6.07) is 23.4. The number of fused-ring (bicyclic) bond motifs is 1. The molecular formula is C27H24N2O4S. The fourth-order valence-corrected chi connectivity index (χ4v) is 3.63. The van der Waals surface area contributed by atoms with Crippen LogP contribution in [-0.4, -0.2) is 17.5 Å². The molecule has 3 aromatic carbocycles. The van der Waals surface area contributed by atoms with Gasteiger partial charge in [-0.25, -0.2) is 0 Å². The van der Waals surface area contributed by atoms with Crippen molar-refractivity contribution >= 4 is 39.8 Å². The minimum absolute atomic E-state index is 0.0102. The molecule has 1 aromatic heterocycles. The van der Waals surface area contributed by atoms with Gasteiger partial charge in [-0.3, -0.25) is 9.59 Å². The third-order valence-corrected chi connectivity index (χ3v) is 5.52. The van der Waals surface area contributed by atoms with E-state index in [9.17, 15) is 9.59 Å². The van der Waals surface area contributed by atoms with E-state index in [4.69, 9.17) is 27.1 Å². The molecule has 1 heterocycles. The summed E-state index contributed by atoms with van der Waals surface area (Å²) in [4.78, 5) is 25.0. The highest BCUT2D eigenvalue weighted by Crippen LogP contribution is 2.19. The molecule has 0 unspecified atom stereocenters. The van der Waals surface area contributed by atoms with Gasteiger partial charge in [0.1, 0.15) is 16.3 Å². The van der Waals surface area contributed by atoms with Gasteiger partial charge in [0.25, 0.3) is 5.91 Å². The number of thiocarbonyl (C=S) groups is 1. The van der Waals surface area contributed by atoms with Crippen LogP contribution in [0.5, 0.6) is 5.75 Å². The second kappa shape index (κ2) is 10.8. The van der Waals surface area contributed by atoms with Crippen LogP contribution < -0.4 is 21.2 Å². The molecule has 0 saturated heterocycles. The number of hydrogen-bond acceptors (Lipinski definition) is 5. The Morgan fingerprint density at radius 1 is 0.971 bits per heavy atom. The Hall–Kier alpha value is -3.97. The first kappa shape index (κ1) is 23.2. The highest BCUT2D eigenvalue weighted by atomic mass is 32.1. The van der Waals surface area contributed by atoms with E-state index in [1.807, 2.05) is 18.2 Å². The lowest BCUT2D eigenvalue weighted by molar-refractivity contribution is 0.102. The van der Waals surface area contributed by atoms with Crippen LogP contribution in [0.4, 0.5) is 5.69 Å². The first-order valence-corrected chi connectivity index (χ1v) is 11.4. The van der Waals surface area contributed by atoms with E-state index in [1.165, 1.54) is 11.6 Å². The highest BCUT2D eigenvalue weighted by Gasteiger charge is 2.10. The first-order valence-electron chi connectivity index (χ1n) is 11.0. The maximum absolute atomic E-state index is 12.6. The number of benzene rings is 3. The van der Waals surface area contributed by atoms with Crippen molar-refractivity contribution in [2.45, 2.75) is 19.3 Å². The maximum atomic E-state index is 12.6. The summed E-state index contributed by atoms with van der Waals surface area (Å²) in [5.41, 5.74) is 7.88. The summed E-state index contributed by atoms with van der Waals surface area (Å²) in [6.45, 7) is 0.620. The van der Waals surface area contributed by atoms with Crippen LogP contribution in [-0.2, 0) is 6.42 Å². The molecule has 4 rings (SSSR count). The number of unbranched alkanes of at least 4 members (excludes halogenated alkanes) is 1. The zero-order valence-electron chi connectivity index (χ0n) is 18.5. The smallest absolute Gasteiger partial charge is 0.255 e. The highest BCUT2D eigenvalue weighted by molar-refractivity contribution is 7.80. The lowest BCUT2D eigenvalue weighted by Gasteiger charge is -2.09. The summed E-state index contributed by atoms with van der Waals surface area (Å²) in [5, 5.41) is 3.13.